The molecule has 33 heavy (non-hydrogen) atoms. The Morgan fingerprint density at radius 2 is 1.82 bits per heavy atom. The normalized spacial score (nSPS) is 15.3. The molecule has 1 heterocycles. The molecule has 1 fully saturated rings. The summed E-state index contributed by atoms with van der Waals surface area (Å²) in [6.45, 7) is 2.15. The van der Waals surface area contributed by atoms with E-state index in [-0.39, 0.29) is 21.6 Å². The van der Waals surface area contributed by atoms with Gasteiger partial charge in [-0.1, -0.05) is 13.0 Å². The highest BCUT2D eigenvalue weighted by atomic mass is 32.2. The molecule has 2 aromatic rings. The smallest absolute Gasteiger partial charge is 0.416 e. The summed E-state index contributed by atoms with van der Waals surface area (Å²) in [5.41, 5.74) is -1.55. The number of thioether (sulfide) groups is 1. The lowest BCUT2D eigenvalue weighted by Gasteiger charge is -2.13. The van der Waals surface area contributed by atoms with Gasteiger partial charge in [0.2, 0.25) is 5.75 Å². The average molecular weight is 482 g/mol. The van der Waals surface area contributed by atoms with Crippen LogP contribution in [0.2, 0.25) is 0 Å². The highest BCUT2D eigenvalue weighted by Gasteiger charge is 2.35. The second-order valence-electron chi connectivity index (χ2n) is 6.78. The van der Waals surface area contributed by atoms with E-state index in [0.29, 0.717) is 30.7 Å². The topological polar surface area (TPSA) is 99.0 Å². The molecule has 0 radical (unpaired) electrons. The van der Waals surface area contributed by atoms with Gasteiger partial charge in [0.15, 0.2) is 11.5 Å². The van der Waals surface area contributed by atoms with Crippen LogP contribution >= 0.6 is 11.8 Å². The van der Waals surface area contributed by atoms with Crippen molar-refractivity contribution in [1.29, 1.82) is 0 Å². The van der Waals surface area contributed by atoms with Gasteiger partial charge in [0.25, 0.3) is 11.1 Å². The van der Waals surface area contributed by atoms with Gasteiger partial charge in [-0.25, -0.2) is 0 Å². The van der Waals surface area contributed by atoms with E-state index in [2.05, 4.69) is 0 Å². The Kier molecular flexibility index (Phi) is 6.96. The molecule has 0 N–H and O–H groups in total. The fourth-order valence-electron chi connectivity index (χ4n) is 2.97. The van der Waals surface area contributed by atoms with Gasteiger partial charge in [0.05, 0.1) is 22.5 Å². The number of methoxy groups -OCH3 is 1. The lowest BCUT2D eigenvalue weighted by Crippen LogP contribution is -2.28. The van der Waals surface area contributed by atoms with Crippen LogP contribution in [0.3, 0.4) is 0 Å². The van der Waals surface area contributed by atoms with Gasteiger partial charge >= 0.3 is 11.9 Å². The van der Waals surface area contributed by atoms with Crippen LogP contribution in [0.1, 0.15) is 24.5 Å². The zero-order chi connectivity index (χ0) is 24.3. The third kappa shape index (κ3) is 5.28. The monoisotopic (exact) mass is 482 g/mol. The van der Waals surface area contributed by atoms with Crippen molar-refractivity contribution in [2.45, 2.75) is 19.5 Å². The van der Waals surface area contributed by atoms with Crippen LogP contribution in [0.15, 0.2) is 41.3 Å². The number of nitrogens with zero attached hydrogens (tertiary/aromatic N) is 2. The van der Waals surface area contributed by atoms with E-state index in [9.17, 15) is 32.9 Å². The van der Waals surface area contributed by atoms with Gasteiger partial charge in [0.1, 0.15) is 0 Å². The standard InChI is InChI=1S/C21H17F3N2O6S/c1-3-8-25-19(27)18(33-20(25)28)10-12-4-6-16(17(9-12)31-2)32-15-7-5-13(21(22,23)24)11-14(15)26(29)30/h4-7,9-11H,3,8H2,1-2H3/b18-10+. The molecule has 0 spiro atoms. The Bertz CT molecular complexity index is 1150. The Labute approximate surface area is 190 Å². The van der Waals surface area contributed by atoms with Gasteiger partial charge in [-0.2, -0.15) is 13.2 Å². The van der Waals surface area contributed by atoms with Crippen LogP contribution in [-0.4, -0.2) is 34.6 Å². The maximum Gasteiger partial charge on any atom is 0.416 e. The molecule has 174 valence electrons. The Balaban J connectivity index is 1.91. The molecule has 0 saturated carbocycles. The van der Waals surface area contributed by atoms with E-state index in [4.69, 9.17) is 9.47 Å². The van der Waals surface area contributed by atoms with Crippen molar-refractivity contribution in [2.24, 2.45) is 0 Å². The molecule has 0 aliphatic carbocycles. The van der Waals surface area contributed by atoms with Crippen LogP contribution in [0.25, 0.3) is 6.08 Å². The van der Waals surface area contributed by atoms with Gasteiger partial charge in [-0.3, -0.25) is 24.6 Å². The molecular formula is C21H17F3N2O6S. The fraction of sp³-hybridized carbons (Fsp3) is 0.238. The molecule has 8 nitrogen and oxygen atoms in total. The Hall–Kier alpha value is -3.54. The van der Waals surface area contributed by atoms with Crippen LogP contribution < -0.4 is 9.47 Å². The molecule has 2 amide bonds. The summed E-state index contributed by atoms with van der Waals surface area (Å²) in [7, 11) is 1.31. The molecule has 12 heteroatoms. The SMILES string of the molecule is CCCN1C(=O)S/C(=C/c2ccc(Oc3ccc(C(F)(F)F)cc3[N+](=O)[O-])c(OC)c2)C1=O. The first-order chi connectivity index (χ1) is 15.5. The van der Waals surface area contributed by atoms with Crippen molar-refractivity contribution in [2.75, 3.05) is 13.7 Å². The zero-order valence-corrected chi connectivity index (χ0v) is 18.2. The third-order valence-corrected chi connectivity index (χ3v) is 5.42. The van der Waals surface area contributed by atoms with E-state index in [1.54, 1.807) is 0 Å². The molecule has 0 bridgehead atoms. The second kappa shape index (κ2) is 9.53. The second-order valence-corrected chi connectivity index (χ2v) is 7.78. The lowest BCUT2D eigenvalue weighted by atomic mass is 10.1. The van der Waals surface area contributed by atoms with Gasteiger partial charge < -0.3 is 9.47 Å². The van der Waals surface area contributed by atoms with Gasteiger partial charge in [0, 0.05) is 12.6 Å². The van der Waals surface area contributed by atoms with E-state index < -0.39 is 34.0 Å². The number of alkyl halides is 3. The minimum Gasteiger partial charge on any atom is -0.493 e. The van der Waals surface area contributed by atoms with E-state index in [0.717, 1.165) is 22.7 Å². The van der Waals surface area contributed by atoms with Gasteiger partial charge in [-0.05, 0) is 54.1 Å². The molecule has 0 aromatic heterocycles. The van der Waals surface area contributed by atoms with E-state index in [1.807, 2.05) is 6.92 Å². The van der Waals surface area contributed by atoms with Gasteiger partial charge in [-0.15, -0.1) is 0 Å². The first-order valence-electron chi connectivity index (χ1n) is 9.52. The fourth-order valence-corrected chi connectivity index (χ4v) is 3.83. The summed E-state index contributed by atoms with van der Waals surface area (Å²) in [6, 6.07) is 6.30. The van der Waals surface area contributed by atoms with Crippen LogP contribution in [0, 0.1) is 10.1 Å². The maximum atomic E-state index is 12.9. The minimum absolute atomic E-state index is 0.0107. The van der Waals surface area contributed by atoms with Crippen molar-refractivity contribution in [3.05, 3.63) is 62.5 Å². The number of nitro benzene ring substituents is 1. The van der Waals surface area contributed by atoms with E-state index in [1.165, 1.54) is 31.4 Å². The van der Waals surface area contributed by atoms with Crippen molar-refractivity contribution in [1.82, 2.24) is 4.90 Å². The Morgan fingerprint density at radius 1 is 1.12 bits per heavy atom. The summed E-state index contributed by atoms with van der Waals surface area (Å²) in [5.74, 6) is -0.686. The molecule has 2 aromatic carbocycles. The zero-order valence-electron chi connectivity index (χ0n) is 17.3. The largest absolute Gasteiger partial charge is 0.493 e. The molecule has 1 aliphatic rings. The number of benzene rings is 2. The van der Waals surface area contributed by atoms with Crippen molar-refractivity contribution >= 4 is 34.7 Å². The predicted molar refractivity (Wildman–Crippen MR) is 114 cm³/mol. The number of rotatable bonds is 7. The van der Waals surface area contributed by atoms with Crippen LogP contribution in [0.5, 0.6) is 17.2 Å². The number of carbonyl (C=O) groups is 2. The molecule has 1 saturated heterocycles. The summed E-state index contributed by atoms with van der Waals surface area (Å²) in [6.07, 6.45) is -2.63. The number of hydrogen-bond donors (Lipinski definition) is 0. The highest BCUT2D eigenvalue weighted by molar-refractivity contribution is 8.18. The lowest BCUT2D eigenvalue weighted by molar-refractivity contribution is -0.385. The first kappa shape index (κ1) is 24.1. The summed E-state index contributed by atoms with van der Waals surface area (Å²) in [4.78, 5) is 36.0. The highest BCUT2D eigenvalue weighted by Crippen LogP contribution is 2.41. The van der Waals surface area contributed by atoms with Crippen molar-refractivity contribution in [3.63, 3.8) is 0 Å². The Morgan fingerprint density at radius 3 is 2.42 bits per heavy atom. The number of hydrogen-bond acceptors (Lipinski definition) is 7. The van der Waals surface area contributed by atoms with Crippen LogP contribution in [-0.2, 0) is 11.0 Å². The maximum absolute atomic E-state index is 12.9. The molecule has 3 rings (SSSR count). The number of imide groups is 1. The number of carbonyl (C=O) groups excluding carboxylic acids is 2. The quantitative estimate of drug-likeness (QED) is 0.277. The number of nitro groups is 1. The molecular weight excluding hydrogens is 465 g/mol. The number of ether oxygens (including phenoxy) is 2. The summed E-state index contributed by atoms with van der Waals surface area (Å²) < 4.78 is 49.4. The van der Waals surface area contributed by atoms with E-state index >= 15 is 0 Å². The molecule has 1 aliphatic heterocycles. The predicted octanol–water partition coefficient (Wildman–Crippen LogP) is 5.86. The number of amides is 2. The van der Waals surface area contributed by atoms with Crippen molar-refractivity contribution in [3.8, 4) is 17.2 Å². The first-order valence-corrected chi connectivity index (χ1v) is 10.3. The molecule has 0 unspecified atom stereocenters. The third-order valence-electron chi connectivity index (χ3n) is 4.51. The average Bonchev–Trinajstić information content (AvgIpc) is 3.01. The number of halogens is 3. The summed E-state index contributed by atoms with van der Waals surface area (Å²) in [5, 5.41) is 10.9. The minimum atomic E-state index is -4.75. The summed E-state index contributed by atoms with van der Waals surface area (Å²) >= 11 is 0.805. The van der Waals surface area contributed by atoms with Crippen molar-refractivity contribution < 1.29 is 37.2 Å². The molecule has 0 atom stereocenters. The van der Waals surface area contributed by atoms with Crippen LogP contribution in [0.4, 0.5) is 23.7 Å².